The molecule has 34 heavy (non-hydrogen) atoms. The maximum absolute atomic E-state index is 15.3. The molecule has 0 aromatic heterocycles. The summed E-state index contributed by atoms with van der Waals surface area (Å²) in [6.07, 6.45) is 1.45. The molecule has 2 bridgehead atoms. The predicted molar refractivity (Wildman–Crippen MR) is 123 cm³/mol. The van der Waals surface area contributed by atoms with Crippen molar-refractivity contribution in [2.45, 2.75) is 38.8 Å². The van der Waals surface area contributed by atoms with Crippen molar-refractivity contribution in [2.75, 3.05) is 33.4 Å². The second kappa shape index (κ2) is 8.73. The molecular formula is C26H30F2N2O4. The van der Waals surface area contributed by atoms with E-state index in [2.05, 4.69) is 10.2 Å². The van der Waals surface area contributed by atoms with Gasteiger partial charge in [-0.1, -0.05) is 13.8 Å². The van der Waals surface area contributed by atoms with Crippen molar-refractivity contribution >= 4 is 6.09 Å². The second-order valence-electron chi connectivity index (χ2n) is 10.2. The van der Waals surface area contributed by atoms with Crippen LogP contribution in [0.2, 0.25) is 0 Å². The number of carbonyl (C=O) groups excluding carboxylic acids is 1. The van der Waals surface area contributed by atoms with Crippen molar-refractivity contribution in [1.82, 2.24) is 10.2 Å². The molecule has 2 aromatic carbocycles. The Bertz CT molecular complexity index is 1100. The van der Waals surface area contributed by atoms with Crippen LogP contribution in [0.3, 0.4) is 0 Å². The van der Waals surface area contributed by atoms with Crippen LogP contribution in [0.25, 0.3) is 11.1 Å². The monoisotopic (exact) mass is 472 g/mol. The molecule has 2 atom stereocenters. The van der Waals surface area contributed by atoms with E-state index in [0.717, 1.165) is 32.5 Å². The topological polar surface area (TPSA) is 60.0 Å². The lowest BCUT2D eigenvalue weighted by Crippen LogP contribution is -2.53. The third-order valence-electron chi connectivity index (χ3n) is 7.37. The summed E-state index contributed by atoms with van der Waals surface area (Å²) >= 11 is 0. The van der Waals surface area contributed by atoms with Crippen LogP contribution in [0.5, 0.6) is 11.5 Å². The van der Waals surface area contributed by atoms with Crippen molar-refractivity contribution in [3.8, 4) is 22.6 Å². The minimum atomic E-state index is -0.596. The number of amides is 1. The van der Waals surface area contributed by atoms with E-state index >= 15 is 4.39 Å². The Morgan fingerprint density at radius 3 is 2.50 bits per heavy atom. The van der Waals surface area contributed by atoms with Crippen LogP contribution in [-0.4, -0.2) is 50.4 Å². The molecule has 4 heterocycles. The first-order valence-corrected chi connectivity index (χ1v) is 11.7. The van der Waals surface area contributed by atoms with Gasteiger partial charge in [0.05, 0.1) is 19.8 Å². The average molecular weight is 473 g/mol. The van der Waals surface area contributed by atoms with Gasteiger partial charge in [-0.25, -0.2) is 13.6 Å². The number of rotatable bonds is 4. The number of methoxy groups -OCH3 is 1. The highest BCUT2D eigenvalue weighted by Crippen LogP contribution is 2.45. The van der Waals surface area contributed by atoms with E-state index in [9.17, 15) is 9.18 Å². The van der Waals surface area contributed by atoms with Gasteiger partial charge in [-0.15, -0.1) is 0 Å². The molecule has 2 unspecified atom stereocenters. The molecule has 2 aromatic rings. The molecule has 8 heteroatoms. The van der Waals surface area contributed by atoms with Gasteiger partial charge in [-0.2, -0.15) is 0 Å². The van der Waals surface area contributed by atoms with E-state index in [1.54, 1.807) is 6.07 Å². The first kappa shape index (κ1) is 22.9. The molecule has 4 aliphatic heterocycles. The van der Waals surface area contributed by atoms with Crippen LogP contribution in [0, 0.1) is 23.0 Å². The first-order chi connectivity index (χ1) is 16.2. The Kier molecular flexibility index (Phi) is 5.88. The number of benzene rings is 2. The van der Waals surface area contributed by atoms with Gasteiger partial charge in [-0.05, 0) is 56.1 Å². The maximum Gasteiger partial charge on any atom is 0.407 e. The number of hydrogen-bond donors (Lipinski definition) is 1. The number of hydrogen-bond acceptors (Lipinski definition) is 5. The molecule has 0 spiro atoms. The third kappa shape index (κ3) is 4.19. The number of ether oxygens (including phenoxy) is 3. The molecule has 182 valence electrons. The Morgan fingerprint density at radius 2 is 1.85 bits per heavy atom. The third-order valence-corrected chi connectivity index (χ3v) is 7.37. The second-order valence-corrected chi connectivity index (χ2v) is 10.2. The van der Waals surface area contributed by atoms with Crippen molar-refractivity contribution < 1.29 is 27.8 Å². The largest absolute Gasteiger partial charge is 0.497 e. The Morgan fingerprint density at radius 1 is 1.12 bits per heavy atom. The summed E-state index contributed by atoms with van der Waals surface area (Å²) in [5.74, 6) is -0.0284. The molecule has 4 aliphatic rings. The number of piperidine rings is 3. The van der Waals surface area contributed by atoms with E-state index in [4.69, 9.17) is 14.2 Å². The standard InChI is InChI=1S/C26H30F2N2O4/c1-26(2)14-33-22-12-18(17-5-4-16(32-3)10-20(17)27)21(28)11-19(22)24(26)29-25(31)34-23-13-30-8-6-15(23)7-9-30/h4-5,10-12,15,23-24H,6-9,13-14H2,1-3H3,(H,29,31). The van der Waals surface area contributed by atoms with Crippen molar-refractivity contribution in [1.29, 1.82) is 0 Å². The maximum atomic E-state index is 15.3. The molecule has 3 fully saturated rings. The Hall–Kier alpha value is -2.87. The lowest BCUT2D eigenvalue weighted by molar-refractivity contribution is -0.0361. The highest BCUT2D eigenvalue weighted by molar-refractivity contribution is 5.71. The van der Waals surface area contributed by atoms with Gasteiger partial charge in [0.2, 0.25) is 0 Å². The summed E-state index contributed by atoms with van der Waals surface area (Å²) in [5, 5.41) is 2.97. The number of alkyl carbamates (subject to hydrolysis) is 1. The highest BCUT2D eigenvalue weighted by atomic mass is 19.1. The van der Waals surface area contributed by atoms with Crippen molar-refractivity contribution in [2.24, 2.45) is 11.3 Å². The van der Waals surface area contributed by atoms with Gasteiger partial charge in [-0.3, -0.25) is 4.90 Å². The summed E-state index contributed by atoms with van der Waals surface area (Å²) < 4.78 is 46.7. The van der Waals surface area contributed by atoms with Crippen molar-refractivity contribution in [3.63, 3.8) is 0 Å². The molecular weight excluding hydrogens is 442 g/mol. The zero-order valence-electron chi connectivity index (χ0n) is 19.7. The van der Waals surface area contributed by atoms with Gasteiger partial charge < -0.3 is 19.5 Å². The van der Waals surface area contributed by atoms with Crippen LogP contribution in [0.4, 0.5) is 13.6 Å². The lowest BCUT2D eigenvalue weighted by Gasteiger charge is -2.44. The van der Waals surface area contributed by atoms with Crippen LogP contribution in [-0.2, 0) is 4.74 Å². The molecule has 6 nitrogen and oxygen atoms in total. The number of carbonyl (C=O) groups is 1. The molecule has 0 saturated carbocycles. The predicted octanol–water partition coefficient (Wildman–Crippen LogP) is 4.92. The van der Waals surface area contributed by atoms with Gasteiger partial charge >= 0.3 is 6.09 Å². The zero-order chi connectivity index (χ0) is 24.0. The van der Waals surface area contributed by atoms with Crippen LogP contribution < -0.4 is 14.8 Å². The quantitative estimate of drug-likeness (QED) is 0.685. The SMILES string of the molecule is COc1ccc(-c2cc3c(cc2F)C(NC(=O)OC2CN4CCC2CC4)C(C)(C)CO3)c(F)c1. The molecule has 1 amide bonds. The number of nitrogens with zero attached hydrogens (tertiary/aromatic N) is 1. The molecule has 0 aliphatic carbocycles. The summed E-state index contributed by atoms with van der Waals surface area (Å²) in [5.41, 5.74) is 0.214. The summed E-state index contributed by atoms with van der Waals surface area (Å²) in [4.78, 5) is 15.2. The minimum absolute atomic E-state index is 0.0900. The van der Waals surface area contributed by atoms with E-state index in [-0.39, 0.29) is 17.2 Å². The summed E-state index contributed by atoms with van der Waals surface area (Å²) in [7, 11) is 1.44. The van der Waals surface area contributed by atoms with Crippen molar-refractivity contribution in [3.05, 3.63) is 47.5 Å². The smallest absolute Gasteiger partial charge is 0.407 e. The fourth-order valence-corrected chi connectivity index (χ4v) is 5.34. The summed E-state index contributed by atoms with van der Waals surface area (Å²) in [6, 6.07) is 6.58. The van der Waals surface area contributed by atoms with Gasteiger partial charge in [0.1, 0.15) is 29.2 Å². The first-order valence-electron chi connectivity index (χ1n) is 11.7. The van der Waals surface area contributed by atoms with E-state index in [1.807, 2.05) is 13.8 Å². The van der Waals surface area contributed by atoms with Gasteiger partial charge in [0, 0.05) is 34.7 Å². The number of fused-ring (bicyclic) bond motifs is 4. The normalized spacial score (nSPS) is 26.9. The zero-order valence-corrected chi connectivity index (χ0v) is 19.7. The van der Waals surface area contributed by atoms with Gasteiger partial charge in [0.25, 0.3) is 0 Å². The Balaban J connectivity index is 1.40. The van der Waals surface area contributed by atoms with E-state index in [0.29, 0.717) is 29.6 Å². The molecule has 1 N–H and O–H groups in total. The molecule has 3 saturated heterocycles. The van der Waals surface area contributed by atoms with Crippen LogP contribution in [0.15, 0.2) is 30.3 Å². The highest BCUT2D eigenvalue weighted by Gasteiger charge is 2.41. The van der Waals surface area contributed by atoms with E-state index < -0.39 is 29.2 Å². The molecule has 6 rings (SSSR count). The number of nitrogens with one attached hydrogen (secondary N) is 1. The van der Waals surface area contributed by atoms with E-state index in [1.165, 1.54) is 31.4 Å². The lowest BCUT2D eigenvalue weighted by atomic mass is 9.78. The minimum Gasteiger partial charge on any atom is -0.497 e. The van der Waals surface area contributed by atoms with Crippen LogP contribution in [0.1, 0.15) is 38.3 Å². The Labute approximate surface area is 198 Å². The van der Waals surface area contributed by atoms with Gasteiger partial charge in [0.15, 0.2) is 0 Å². The fourth-order valence-electron chi connectivity index (χ4n) is 5.34. The summed E-state index contributed by atoms with van der Waals surface area (Å²) in [6.45, 7) is 7.08. The molecule has 0 radical (unpaired) electrons. The average Bonchev–Trinajstić information content (AvgIpc) is 2.82. The fraction of sp³-hybridized carbons (Fsp3) is 0.500. The van der Waals surface area contributed by atoms with Crippen LogP contribution >= 0.6 is 0 Å². The number of halogens is 2.